The fourth-order valence-corrected chi connectivity index (χ4v) is 1.81. The Morgan fingerprint density at radius 2 is 1.50 bits per heavy atom. The normalized spacial score (nSPS) is 10.0. The molecule has 0 spiro atoms. The molecule has 0 atom stereocenters. The summed E-state index contributed by atoms with van der Waals surface area (Å²) in [6, 6.07) is 5.26. The lowest BCUT2D eigenvalue weighted by Gasteiger charge is -2.13. The van der Waals surface area contributed by atoms with Crippen LogP contribution in [0, 0.1) is 0 Å². The fraction of sp³-hybridized carbons (Fsp3) is 0.286. The van der Waals surface area contributed by atoms with E-state index in [0.29, 0.717) is 29.0 Å². The largest absolute Gasteiger partial charge is 0.493 e. The van der Waals surface area contributed by atoms with Gasteiger partial charge in [-0.25, -0.2) is 4.98 Å². The SMILES string of the molecule is COc1ccnc(-c2cc(OC)c(OC)c(OC)c2)n1. The Balaban J connectivity index is 2.56. The van der Waals surface area contributed by atoms with E-state index in [0.717, 1.165) is 5.56 Å². The Kier molecular flexibility index (Phi) is 4.24. The van der Waals surface area contributed by atoms with Crippen LogP contribution in [-0.4, -0.2) is 38.4 Å². The molecule has 20 heavy (non-hydrogen) atoms. The molecule has 1 aromatic heterocycles. The van der Waals surface area contributed by atoms with E-state index < -0.39 is 0 Å². The highest BCUT2D eigenvalue weighted by atomic mass is 16.5. The van der Waals surface area contributed by atoms with Gasteiger partial charge in [0.2, 0.25) is 11.6 Å². The van der Waals surface area contributed by atoms with Crippen LogP contribution in [0.15, 0.2) is 24.4 Å². The molecule has 1 aromatic carbocycles. The van der Waals surface area contributed by atoms with E-state index >= 15 is 0 Å². The smallest absolute Gasteiger partial charge is 0.216 e. The second-order valence-corrected chi connectivity index (χ2v) is 3.84. The first kappa shape index (κ1) is 13.9. The molecule has 0 radical (unpaired) electrons. The third-order valence-electron chi connectivity index (χ3n) is 2.76. The average molecular weight is 276 g/mol. The van der Waals surface area contributed by atoms with Gasteiger partial charge < -0.3 is 18.9 Å². The van der Waals surface area contributed by atoms with Gasteiger partial charge in [-0.2, -0.15) is 4.98 Å². The minimum atomic E-state index is 0.490. The molecule has 106 valence electrons. The summed E-state index contributed by atoms with van der Waals surface area (Å²) in [7, 11) is 6.24. The maximum absolute atomic E-state index is 5.31. The van der Waals surface area contributed by atoms with Crippen LogP contribution < -0.4 is 18.9 Å². The van der Waals surface area contributed by atoms with Gasteiger partial charge in [-0.15, -0.1) is 0 Å². The van der Waals surface area contributed by atoms with Crippen LogP contribution in [0.25, 0.3) is 11.4 Å². The van der Waals surface area contributed by atoms with Crippen molar-refractivity contribution in [3.8, 4) is 34.5 Å². The quantitative estimate of drug-likeness (QED) is 0.834. The predicted octanol–water partition coefficient (Wildman–Crippen LogP) is 2.18. The van der Waals surface area contributed by atoms with Crippen molar-refractivity contribution >= 4 is 0 Å². The first-order valence-corrected chi connectivity index (χ1v) is 5.91. The summed E-state index contributed by atoms with van der Waals surface area (Å²) in [6.45, 7) is 0. The van der Waals surface area contributed by atoms with Crippen molar-refractivity contribution in [3.63, 3.8) is 0 Å². The third kappa shape index (κ3) is 2.59. The molecular weight excluding hydrogens is 260 g/mol. The molecular formula is C14H16N2O4. The van der Waals surface area contributed by atoms with Crippen molar-refractivity contribution in [3.05, 3.63) is 24.4 Å². The van der Waals surface area contributed by atoms with Crippen molar-refractivity contribution < 1.29 is 18.9 Å². The van der Waals surface area contributed by atoms with E-state index in [9.17, 15) is 0 Å². The van der Waals surface area contributed by atoms with Gasteiger partial charge in [-0.3, -0.25) is 0 Å². The summed E-state index contributed by atoms with van der Waals surface area (Å²) >= 11 is 0. The summed E-state index contributed by atoms with van der Waals surface area (Å²) < 4.78 is 21.0. The van der Waals surface area contributed by atoms with Crippen LogP contribution >= 0.6 is 0 Å². The minimum Gasteiger partial charge on any atom is -0.493 e. The second-order valence-electron chi connectivity index (χ2n) is 3.84. The van der Waals surface area contributed by atoms with Crippen LogP contribution in [0.3, 0.4) is 0 Å². The molecule has 0 saturated heterocycles. The van der Waals surface area contributed by atoms with Crippen molar-refractivity contribution in [1.82, 2.24) is 9.97 Å². The van der Waals surface area contributed by atoms with E-state index in [-0.39, 0.29) is 0 Å². The van der Waals surface area contributed by atoms with E-state index in [4.69, 9.17) is 18.9 Å². The molecule has 0 unspecified atom stereocenters. The monoisotopic (exact) mass is 276 g/mol. The number of ether oxygens (including phenoxy) is 4. The molecule has 0 amide bonds. The summed E-state index contributed by atoms with van der Waals surface area (Å²) in [6.07, 6.45) is 1.63. The van der Waals surface area contributed by atoms with Crippen LogP contribution in [0.5, 0.6) is 23.1 Å². The highest BCUT2D eigenvalue weighted by molar-refractivity contribution is 5.66. The Morgan fingerprint density at radius 1 is 0.850 bits per heavy atom. The van der Waals surface area contributed by atoms with Gasteiger partial charge in [0.1, 0.15) is 0 Å². The molecule has 0 aliphatic heterocycles. The van der Waals surface area contributed by atoms with E-state index in [1.54, 1.807) is 52.8 Å². The van der Waals surface area contributed by atoms with Crippen LogP contribution in [-0.2, 0) is 0 Å². The Hall–Kier alpha value is -2.50. The van der Waals surface area contributed by atoms with Crippen molar-refractivity contribution in [2.75, 3.05) is 28.4 Å². The molecule has 0 fully saturated rings. The minimum absolute atomic E-state index is 0.490. The molecule has 6 heteroatoms. The maximum Gasteiger partial charge on any atom is 0.216 e. The Morgan fingerprint density at radius 3 is 2.00 bits per heavy atom. The Bertz CT molecular complexity index is 576. The van der Waals surface area contributed by atoms with Gasteiger partial charge in [0, 0.05) is 17.8 Å². The first-order chi connectivity index (χ1) is 9.73. The topological polar surface area (TPSA) is 62.7 Å². The molecule has 0 saturated carbocycles. The number of rotatable bonds is 5. The first-order valence-electron chi connectivity index (χ1n) is 5.91. The molecule has 0 bridgehead atoms. The number of hydrogen-bond acceptors (Lipinski definition) is 6. The van der Waals surface area contributed by atoms with Crippen molar-refractivity contribution in [1.29, 1.82) is 0 Å². The number of methoxy groups -OCH3 is 4. The van der Waals surface area contributed by atoms with Crippen molar-refractivity contribution in [2.24, 2.45) is 0 Å². The molecule has 6 nitrogen and oxygen atoms in total. The third-order valence-corrected chi connectivity index (χ3v) is 2.76. The summed E-state index contributed by atoms with van der Waals surface area (Å²) in [5, 5.41) is 0. The Labute approximate surface area is 117 Å². The van der Waals surface area contributed by atoms with Gasteiger partial charge in [0.05, 0.1) is 28.4 Å². The maximum atomic E-state index is 5.31. The highest BCUT2D eigenvalue weighted by Gasteiger charge is 2.15. The number of hydrogen-bond donors (Lipinski definition) is 0. The zero-order valence-electron chi connectivity index (χ0n) is 11.8. The molecule has 0 aliphatic rings. The summed E-state index contributed by atoms with van der Waals surface area (Å²) in [4.78, 5) is 8.50. The molecule has 2 rings (SSSR count). The number of benzene rings is 1. The fourth-order valence-electron chi connectivity index (χ4n) is 1.81. The second kappa shape index (κ2) is 6.10. The van der Waals surface area contributed by atoms with Crippen LogP contribution in [0.1, 0.15) is 0 Å². The van der Waals surface area contributed by atoms with E-state index in [1.165, 1.54) is 0 Å². The lowest BCUT2D eigenvalue weighted by atomic mass is 10.1. The molecule has 2 aromatic rings. The van der Waals surface area contributed by atoms with Crippen LogP contribution in [0.2, 0.25) is 0 Å². The molecule has 0 aliphatic carbocycles. The van der Waals surface area contributed by atoms with E-state index in [1.807, 2.05) is 0 Å². The van der Waals surface area contributed by atoms with Gasteiger partial charge in [0.15, 0.2) is 17.3 Å². The lowest BCUT2D eigenvalue weighted by molar-refractivity contribution is 0.324. The zero-order chi connectivity index (χ0) is 14.5. The number of aromatic nitrogens is 2. The molecule has 1 heterocycles. The summed E-state index contributed by atoms with van der Waals surface area (Å²) in [5.41, 5.74) is 0.749. The zero-order valence-corrected chi connectivity index (χ0v) is 11.8. The van der Waals surface area contributed by atoms with Gasteiger partial charge in [-0.1, -0.05) is 0 Å². The predicted molar refractivity (Wildman–Crippen MR) is 73.7 cm³/mol. The molecule has 0 N–H and O–H groups in total. The van der Waals surface area contributed by atoms with Crippen molar-refractivity contribution in [2.45, 2.75) is 0 Å². The highest BCUT2D eigenvalue weighted by Crippen LogP contribution is 2.40. The van der Waals surface area contributed by atoms with Gasteiger partial charge in [-0.05, 0) is 12.1 Å². The van der Waals surface area contributed by atoms with E-state index in [2.05, 4.69) is 9.97 Å². The summed E-state index contributed by atoms with van der Waals surface area (Å²) in [5.74, 6) is 2.63. The van der Waals surface area contributed by atoms with Gasteiger partial charge in [0.25, 0.3) is 0 Å². The number of nitrogens with zero attached hydrogens (tertiary/aromatic N) is 2. The average Bonchev–Trinajstić information content (AvgIpc) is 2.53. The van der Waals surface area contributed by atoms with Crippen LogP contribution in [0.4, 0.5) is 0 Å². The van der Waals surface area contributed by atoms with Gasteiger partial charge >= 0.3 is 0 Å². The standard InChI is InChI=1S/C14H16N2O4/c1-17-10-7-9(8-11(18-2)13(10)20-4)14-15-6-5-12(16-14)19-3/h5-8H,1-4H3. The lowest BCUT2D eigenvalue weighted by Crippen LogP contribution is -1.97.